The number of rotatable bonds is 7. The molecule has 0 bridgehead atoms. The van der Waals surface area contributed by atoms with E-state index in [9.17, 15) is 9.59 Å². The molecule has 0 aromatic carbocycles. The van der Waals surface area contributed by atoms with Crippen LogP contribution in [0.4, 0.5) is 5.82 Å². The van der Waals surface area contributed by atoms with E-state index in [1.54, 1.807) is 13.1 Å². The fourth-order valence-corrected chi connectivity index (χ4v) is 3.45. The van der Waals surface area contributed by atoms with Crippen molar-refractivity contribution >= 4 is 11.8 Å². The molecule has 7 heteroatoms. The van der Waals surface area contributed by atoms with Crippen molar-refractivity contribution < 1.29 is 14.4 Å². The number of aliphatic carboxylic acids is 1. The molecule has 1 fully saturated rings. The number of hydrogen-bond donors (Lipinski definition) is 2. The van der Waals surface area contributed by atoms with Crippen molar-refractivity contribution in [3.8, 4) is 0 Å². The summed E-state index contributed by atoms with van der Waals surface area (Å²) in [6.07, 6.45) is 3.96. The number of carbonyl (C=O) groups is 1. The van der Waals surface area contributed by atoms with Crippen LogP contribution >= 0.6 is 0 Å². The zero-order chi connectivity index (χ0) is 17.0. The van der Waals surface area contributed by atoms with Gasteiger partial charge in [-0.25, -0.2) is 4.98 Å². The van der Waals surface area contributed by atoms with Gasteiger partial charge in [0.05, 0.1) is 19.6 Å². The van der Waals surface area contributed by atoms with Gasteiger partial charge in [0.15, 0.2) is 12.5 Å². The smallest absolute Gasteiger partial charge is 0.323 e. The fraction of sp³-hybridized carbons (Fsp3) is 0.688. The number of quaternary nitrogens is 1. The molecule has 1 aliphatic heterocycles. The Morgan fingerprint density at radius 3 is 2.65 bits per heavy atom. The number of hydrogen-bond acceptors (Lipinski definition) is 4. The molecule has 1 aliphatic rings. The molecule has 2 heterocycles. The molecule has 0 spiro atoms. The Morgan fingerprint density at radius 1 is 1.43 bits per heavy atom. The van der Waals surface area contributed by atoms with Crippen molar-refractivity contribution in [2.45, 2.75) is 40.2 Å². The number of likely N-dealkylation sites (tertiary alicyclic amines) is 1. The van der Waals surface area contributed by atoms with Crippen molar-refractivity contribution in [1.82, 2.24) is 9.55 Å². The van der Waals surface area contributed by atoms with Crippen LogP contribution in [0.3, 0.4) is 0 Å². The highest BCUT2D eigenvalue weighted by molar-refractivity contribution is 5.66. The van der Waals surface area contributed by atoms with E-state index in [-0.39, 0.29) is 17.9 Å². The lowest BCUT2D eigenvalue weighted by Crippen LogP contribution is -2.51. The molecule has 1 aromatic heterocycles. The summed E-state index contributed by atoms with van der Waals surface area (Å²) in [5.74, 6) is -0.204. The van der Waals surface area contributed by atoms with E-state index in [1.807, 2.05) is 0 Å². The average molecular weight is 323 g/mol. The summed E-state index contributed by atoms with van der Waals surface area (Å²) in [6, 6.07) is 0. The first kappa shape index (κ1) is 17.5. The maximum absolute atomic E-state index is 12.4. The zero-order valence-electron chi connectivity index (χ0n) is 14.2. The summed E-state index contributed by atoms with van der Waals surface area (Å²) in [6.45, 7) is 9.73. The van der Waals surface area contributed by atoms with Crippen molar-refractivity contribution in [3.63, 3.8) is 0 Å². The van der Waals surface area contributed by atoms with Gasteiger partial charge < -0.3 is 14.9 Å². The van der Waals surface area contributed by atoms with Gasteiger partial charge in [-0.1, -0.05) is 13.8 Å². The quantitative estimate of drug-likeness (QED) is 0.738. The summed E-state index contributed by atoms with van der Waals surface area (Å²) in [7, 11) is 0. The van der Waals surface area contributed by atoms with Crippen LogP contribution in [0.1, 0.15) is 32.4 Å². The summed E-state index contributed by atoms with van der Waals surface area (Å²) in [5, 5.41) is 12.1. The second-order valence-electron chi connectivity index (χ2n) is 6.94. The van der Waals surface area contributed by atoms with E-state index in [4.69, 9.17) is 5.11 Å². The van der Waals surface area contributed by atoms with Gasteiger partial charge in [-0.05, 0) is 6.92 Å². The van der Waals surface area contributed by atoms with Crippen LogP contribution < -0.4 is 10.9 Å². The number of aromatic nitrogens is 2. The fourth-order valence-electron chi connectivity index (χ4n) is 3.45. The number of nitrogens with one attached hydrogen (secondary N) is 1. The van der Waals surface area contributed by atoms with Crippen LogP contribution in [-0.4, -0.2) is 51.4 Å². The Kier molecular flexibility index (Phi) is 5.41. The number of anilines is 1. The Labute approximate surface area is 136 Å². The van der Waals surface area contributed by atoms with Crippen molar-refractivity contribution in [3.05, 3.63) is 22.2 Å². The molecule has 23 heavy (non-hydrogen) atoms. The Hall–Kier alpha value is -1.89. The summed E-state index contributed by atoms with van der Waals surface area (Å²) in [4.78, 5) is 27.5. The van der Waals surface area contributed by atoms with E-state index >= 15 is 0 Å². The summed E-state index contributed by atoms with van der Waals surface area (Å²) < 4.78 is 2.19. The minimum absolute atomic E-state index is 0.241. The van der Waals surface area contributed by atoms with Crippen LogP contribution in [0.5, 0.6) is 0 Å². The van der Waals surface area contributed by atoms with Gasteiger partial charge in [-0.15, -0.1) is 0 Å². The van der Waals surface area contributed by atoms with Gasteiger partial charge in [-0.2, -0.15) is 0 Å². The molecule has 128 valence electrons. The monoisotopic (exact) mass is 323 g/mol. The van der Waals surface area contributed by atoms with Crippen LogP contribution in [0, 0.1) is 12.8 Å². The van der Waals surface area contributed by atoms with E-state index in [2.05, 4.69) is 24.1 Å². The van der Waals surface area contributed by atoms with Crippen molar-refractivity contribution in [2.75, 3.05) is 31.6 Å². The molecule has 2 N–H and O–H groups in total. The van der Waals surface area contributed by atoms with Gasteiger partial charge in [0.1, 0.15) is 6.54 Å². The van der Waals surface area contributed by atoms with Gasteiger partial charge >= 0.3 is 5.97 Å². The van der Waals surface area contributed by atoms with Crippen LogP contribution in [0.2, 0.25) is 0 Å². The van der Waals surface area contributed by atoms with Gasteiger partial charge in [-0.3, -0.25) is 14.2 Å². The lowest BCUT2D eigenvalue weighted by atomic mass is 10.2. The Balaban J connectivity index is 2.16. The minimum Gasteiger partial charge on any atom is -0.480 e. The summed E-state index contributed by atoms with van der Waals surface area (Å²) in [5.41, 5.74) is 0.185. The third-order valence-electron chi connectivity index (χ3n) is 4.40. The van der Waals surface area contributed by atoms with Crippen molar-refractivity contribution in [1.29, 1.82) is 0 Å². The highest BCUT2D eigenvalue weighted by Crippen LogP contribution is 2.21. The molecule has 2 rings (SSSR count). The third kappa shape index (κ3) is 4.31. The minimum atomic E-state index is -1.03. The first-order valence-corrected chi connectivity index (χ1v) is 8.20. The zero-order valence-corrected chi connectivity index (χ0v) is 14.2. The predicted molar refractivity (Wildman–Crippen MR) is 88.3 cm³/mol. The van der Waals surface area contributed by atoms with Gasteiger partial charge in [0, 0.05) is 30.7 Å². The van der Waals surface area contributed by atoms with E-state index in [1.165, 1.54) is 17.4 Å². The molecule has 0 amide bonds. The Morgan fingerprint density at radius 2 is 2.09 bits per heavy atom. The lowest BCUT2D eigenvalue weighted by Gasteiger charge is -2.35. The van der Waals surface area contributed by atoms with Crippen LogP contribution in [-0.2, 0) is 11.3 Å². The van der Waals surface area contributed by atoms with Crippen molar-refractivity contribution in [2.24, 2.45) is 5.92 Å². The van der Waals surface area contributed by atoms with Crippen LogP contribution in [0.15, 0.2) is 11.0 Å². The second-order valence-corrected chi connectivity index (χ2v) is 6.94. The molecule has 1 saturated heterocycles. The first-order valence-electron chi connectivity index (χ1n) is 8.20. The van der Waals surface area contributed by atoms with E-state index in [0.29, 0.717) is 18.3 Å². The first-order chi connectivity index (χ1) is 10.8. The molecule has 7 nitrogen and oxygen atoms in total. The highest BCUT2D eigenvalue weighted by atomic mass is 16.4. The standard InChI is InChI=1S/C16H26N4O3/c1-12(2)10-20(6-4-5-7-20)11-18-15-16(23)19(9-14(21)22)13(3)8-17-15/h8,12H,4-7,9-11H2,1-3H3,(H-,17,18,21,22)/p+1. The molecule has 0 aliphatic carbocycles. The number of carboxylic acids is 1. The largest absolute Gasteiger partial charge is 0.480 e. The third-order valence-corrected chi connectivity index (χ3v) is 4.40. The number of carboxylic acid groups (broad SMARTS) is 1. The van der Waals surface area contributed by atoms with E-state index in [0.717, 1.165) is 24.1 Å². The summed E-state index contributed by atoms with van der Waals surface area (Å²) >= 11 is 0. The molecular formula is C16H27N4O3+. The molecular weight excluding hydrogens is 296 g/mol. The topological polar surface area (TPSA) is 84.2 Å². The SMILES string of the molecule is Cc1cnc(NC[N+]2(CC(C)C)CCCC2)c(=O)n1CC(=O)O. The molecule has 0 atom stereocenters. The molecule has 0 unspecified atom stereocenters. The lowest BCUT2D eigenvalue weighted by molar-refractivity contribution is -0.916. The van der Waals surface area contributed by atoms with Gasteiger partial charge in [0.25, 0.3) is 5.56 Å². The average Bonchev–Trinajstić information content (AvgIpc) is 2.90. The second kappa shape index (κ2) is 7.12. The maximum Gasteiger partial charge on any atom is 0.323 e. The highest BCUT2D eigenvalue weighted by Gasteiger charge is 2.32. The molecule has 0 saturated carbocycles. The van der Waals surface area contributed by atoms with Gasteiger partial charge in [0.2, 0.25) is 0 Å². The van der Waals surface area contributed by atoms with E-state index < -0.39 is 5.97 Å². The predicted octanol–water partition coefficient (Wildman–Crippen LogP) is 1.27. The van der Waals surface area contributed by atoms with Crippen LogP contribution in [0.25, 0.3) is 0 Å². The number of nitrogens with zero attached hydrogens (tertiary/aromatic N) is 3. The molecule has 1 aromatic rings. The number of aryl methyl sites for hydroxylation is 1. The normalized spacial score (nSPS) is 16.7. The molecule has 0 radical (unpaired) electrons. The Bertz CT molecular complexity index is 618. The maximum atomic E-state index is 12.4.